The van der Waals surface area contributed by atoms with Gasteiger partial charge in [-0.25, -0.2) is 9.97 Å². The third-order valence-corrected chi connectivity index (χ3v) is 6.93. The smallest absolute Gasteiger partial charge is 0.280 e. The van der Waals surface area contributed by atoms with Gasteiger partial charge in [-0.15, -0.1) is 0 Å². The van der Waals surface area contributed by atoms with Gasteiger partial charge in [0, 0.05) is 43.3 Å². The molecule has 1 aliphatic heterocycles. The van der Waals surface area contributed by atoms with Gasteiger partial charge in [-0.1, -0.05) is 11.2 Å². The molecule has 2 fully saturated rings. The zero-order valence-corrected chi connectivity index (χ0v) is 17.9. The van der Waals surface area contributed by atoms with Crippen LogP contribution in [0.4, 0.5) is 5.69 Å². The van der Waals surface area contributed by atoms with Crippen molar-refractivity contribution in [2.75, 3.05) is 18.0 Å². The summed E-state index contributed by atoms with van der Waals surface area (Å²) >= 11 is 0. The topological polar surface area (TPSA) is 108 Å². The summed E-state index contributed by atoms with van der Waals surface area (Å²) in [4.78, 5) is 32.5. The molecule has 164 valence electrons. The summed E-state index contributed by atoms with van der Waals surface area (Å²) in [6.07, 6.45) is 4.88. The summed E-state index contributed by atoms with van der Waals surface area (Å²) < 4.78 is 8.63. The largest absolute Gasteiger partial charge is 0.371 e. The van der Waals surface area contributed by atoms with Crippen LogP contribution >= 0.6 is 0 Å². The quantitative estimate of drug-likeness (QED) is 0.417. The molecule has 7 rings (SSSR count). The summed E-state index contributed by atoms with van der Waals surface area (Å²) in [5, 5.41) is 5.39. The second-order valence-electron chi connectivity index (χ2n) is 8.89. The Morgan fingerprint density at radius 2 is 1.94 bits per heavy atom. The molecule has 10 heteroatoms. The van der Waals surface area contributed by atoms with Gasteiger partial charge in [0.1, 0.15) is 12.9 Å². The van der Waals surface area contributed by atoms with E-state index in [1.807, 2.05) is 12.3 Å². The number of hydrogen-bond donors (Lipinski definition) is 0. The fourth-order valence-electron chi connectivity index (χ4n) is 5.18. The molecule has 3 atom stereocenters. The van der Waals surface area contributed by atoms with Crippen LogP contribution in [0.25, 0.3) is 22.1 Å². The Labute approximate surface area is 187 Å². The fourth-order valence-corrected chi connectivity index (χ4v) is 5.18. The molecular weight excluding hydrogens is 420 g/mol. The third-order valence-electron chi connectivity index (χ3n) is 6.93. The van der Waals surface area contributed by atoms with E-state index in [-0.39, 0.29) is 12.1 Å². The van der Waals surface area contributed by atoms with Gasteiger partial charge in [-0.2, -0.15) is 4.98 Å². The second-order valence-corrected chi connectivity index (χ2v) is 8.89. The van der Waals surface area contributed by atoms with Crippen LogP contribution in [0, 0.1) is 11.8 Å². The number of rotatable bonds is 4. The molecule has 0 bridgehead atoms. The first-order chi connectivity index (χ1) is 16.2. The molecule has 1 aromatic carbocycles. The average molecular weight is 440 g/mol. The minimum atomic E-state index is -0.177. The van der Waals surface area contributed by atoms with Crippen LogP contribution in [0.15, 0.2) is 58.5 Å². The normalized spacial score (nSPS) is 21.7. The van der Waals surface area contributed by atoms with Gasteiger partial charge in [-0.3, -0.25) is 14.3 Å². The minimum Gasteiger partial charge on any atom is -0.371 e. The second kappa shape index (κ2) is 6.71. The van der Waals surface area contributed by atoms with Gasteiger partial charge in [0.15, 0.2) is 17.0 Å². The summed E-state index contributed by atoms with van der Waals surface area (Å²) in [6.45, 7) is 2.15. The fraction of sp³-hybridized carbons (Fsp3) is 0.304. The number of anilines is 1. The minimum absolute atomic E-state index is 0.177. The molecule has 0 unspecified atom stereocenters. The monoisotopic (exact) mass is 440 g/mol. The van der Waals surface area contributed by atoms with E-state index in [4.69, 9.17) is 4.52 Å². The van der Waals surface area contributed by atoms with Crippen LogP contribution in [0.1, 0.15) is 17.6 Å². The predicted molar refractivity (Wildman–Crippen MR) is 120 cm³/mol. The predicted octanol–water partition coefficient (Wildman–Crippen LogP) is 1.96. The van der Waals surface area contributed by atoms with E-state index in [0.29, 0.717) is 34.8 Å². The van der Waals surface area contributed by atoms with Crippen molar-refractivity contribution in [3.63, 3.8) is 0 Å². The molecule has 1 aliphatic carbocycles. The van der Waals surface area contributed by atoms with Gasteiger partial charge < -0.3 is 14.0 Å². The zero-order chi connectivity index (χ0) is 22.1. The van der Waals surface area contributed by atoms with Crippen LogP contribution in [0.5, 0.6) is 0 Å². The number of piperidine rings is 1. The average Bonchev–Trinajstić information content (AvgIpc) is 3.24. The van der Waals surface area contributed by atoms with E-state index in [0.717, 1.165) is 29.8 Å². The third kappa shape index (κ3) is 2.86. The van der Waals surface area contributed by atoms with E-state index < -0.39 is 0 Å². The summed E-state index contributed by atoms with van der Waals surface area (Å²) in [7, 11) is 1.78. The van der Waals surface area contributed by atoms with Crippen LogP contribution in [0.2, 0.25) is 0 Å². The van der Waals surface area contributed by atoms with E-state index in [1.165, 1.54) is 16.6 Å². The molecule has 5 heterocycles. The zero-order valence-electron chi connectivity index (χ0n) is 17.9. The molecule has 2 aliphatic rings. The summed E-state index contributed by atoms with van der Waals surface area (Å²) in [5.74, 6) is 2.52. The molecule has 1 saturated carbocycles. The molecule has 4 aromatic heterocycles. The number of aryl methyl sites for hydroxylation is 1. The molecule has 33 heavy (non-hydrogen) atoms. The van der Waals surface area contributed by atoms with Crippen molar-refractivity contribution in [3.05, 3.63) is 71.3 Å². The van der Waals surface area contributed by atoms with Crippen molar-refractivity contribution >= 4 is 27.8 Å². The Bertz CT molecular complexity index is 1570. The highest BCUT2D eigenvalue weighted by molar-refractivity contribution is 5.82. The van der Waals surface area contributed by atoms with Crippen molar-refractivity contribution in [1.82, 2.24) is 34.2 Å². The molecule has 1 saturated heterocycles. The molecule has 10 nitrogen and oxygen atoms in total. The summed E-state index contributed by atoms with van der Waals surface area (Å²) in [6, 6.07) is 10.5. The lowest BCUT2D eigenvalue weighted by Crippen LogP contribution is -2.23. The van der Waals surface area contributed by atoms with Gasteiger partial charge in [0.25, 0.3) is 5.56 Å². The molecule has 5 aromatic rings. The lowest BCUT2D eigenvalue weighted by Gasteiger charge is -2.21. The number of imidazole rings is 1. The van der Waals surface area contributed by atoms with Crippen molar-refractivity contribution in [1.29, 1.82) is 0 Å². The van der Waals surface area contributed by atoms with Crippen molar-refractivity contribution in [2.45, 2.75) is 12.5 Å². The maximum atomic E-state index is 12.7. The number of fused-ring (bicyclic) bond motifs is 3. The molecule has 0 radical (unpaired) electrons. The van der Waals surface area contributed by atoms with Crippen molar-refractivity contribution in [3.8, 4) is 0 Å². The van der Waals surface area contributed by atoms with Crippen molar-refractivity contribution < 1.29 is 4.52 Å². The lowest BCUT2D eigenvalue weighted by molar-refractivity contribution is 0.363. The van der Waals surface area contributed by atoms with E-state index >= 15 is 0 Å². The molecule has 0 spiro atoms. The highest BCUT2D eigenvalue weighted by atomic mass is 16.5. The van der Waals surface area contributed by atoms with Crippen LogP contribution in [-0.4, -0.2) is 47.3 Å². The highest BCUT2D eigenvalue weighted by Gasteiger charge is 2.58. The number of benzene rings is 1. The number of aromatic nitrogens is 7. The number of pyridine rings is 1. The Morgan fingerprint density at radius 1 is 1.09 bits per heavy atom. The molecule has 0 amide bonds. The number of hydrogen-bond acceptors (Lipinski definition) is 8. The van der Waals surface area contributed by atoms with Crippen LogP contribution < -0.4 is 10.5 Å². The van der Waals surface area contributed by atoms with Crippen molar-refractivity contribution in [2.24, 2.45) is 18.9 Å². The first kappa shape index (κ1) is 18.5. The lowest BCUT2D eigenvalue weighted by atomic mass is 10.1. The highest BCUT2D eigenvalue weighted by Crippen LogP contribution is 2.58. The first-order valence-electron chi connectivity index (χ1n) is 10.9. The van der Waals surface area contributed by atoms with Gasteiger partial charge in [0.05, 0.1) is 11.8 Å². The summed E-state index contributed by atoms with van der Waals surface area (Å²) in [5.41, 5.74) is 2.96. The van der Waals surface area contributed by atoms with E-state index in [1.54, 1.807) is 17.9 Å². The Balaban J connectivity index is 1.06. The first-order valence-corrected chi connectivity index (χ1v) is 10.9. The SMILES string of the molecule is Cn1cnc2ncn(Cc3nc([C@@H]4[C@@H]5CN(c6ccc7ncccc7c6)C[C@@H]54)no3)c(=O)c21. The Morgan fingerprint density at radius 3 is 2.82 bits per heavy atom. The van der Waals surface area contributed by atoms with E-state index in [2.05, 4.69) is 54.3 Å². The molecule has 0 N–H and O–H groups in total. The standard InChI is InChI=1S/C23H20N8O2/c1-29-11-25-22-20(29)23(32)31(12-26-22)10-18-27-21(28-33-18)19-15-8-30(9-16(15)19)14-4-5-17-13(7-14)3-2-6-24-17/h2-7,11-12,15-16,19H,8-10H2,1H3/t15-,16+,19-. The maximum Gasteiger partial charge on any atom is 0.280 e. The van der Waals surface area contributed by atoms with E-state index in [9.17, 15) is 4.79 Å². The van der Waals surface area contributed by atoms with Gasteiger partial charge in [-0.05, 0) is 36.1 Å². The van der Waals surface area contributed by atoms with Crippen LogP contribution in [-0.2, 0) is 13.6 Å². The Hall–Kier alpha value is -4.08. The van der Waals surface area contributed by atoms with Gasteiger partial charge in [0.2, 0.25) is 5.89 Å². The van der Waals surface area contributed by atoms with Crippen LogP contribution in [0.3, 0.4) is 0 Å². The number of nitrogens with zero attached hydrogens (tertiary/aromatic N) is 8. The van der Waals surface area contributed by atoms with Gasteiger partial charge >= 0.3 is 0 Å². The Kier molecular flexibility index (Phi) is 3.76. The maximum absolute atomic E-state index is 12.7. The molecular formula is C23H20N8O2.